The highest BCUT2D eigenvalue weighted by molar-refractivity contribution is 6.34. The number of nitrogens with zero attached hydrogens (tertiary/aromatic N) is 1. The van der Waals surface area contributed by atoms with Gasteiger partial charge >= 0.3 is 0 Å². The van der Waals surface area contributed by atoms with Crippen molar-refractivity contribution in [3.05, 3.63) is 28.3 Å². The highest BCUT2D eigenvalue weighted by atomic mass is 35.5. The van der Waals surface area contributed by atoms with Crippen LogP contribution >= 0.6 is 11.6 Å². The Morgan fingerprint density at radius 3 is 2.55 bits per heavy atom. The third kappa shape index (κ3) is 5.31. The Labute approximate surface area is 136 Å². The van der Waals surface area contributed by atoms with Gasteiger partial charge < -0.3 is 15.0 Å². The molecule has 0 saturated heterocycles. The van der Waals surface area contributed by atoms with Crippen molar-refractivity contribution in [2.45, 2.75) is 27.2 Å². The summed E-state index contributed by atoms with van der Waals surface area (Å²) in [6, 6.07) is 3.73. The lowest BCUT2D eigenvalue weighted by molar-refractivity contribution is -0.123. The standard InChI is InChI=1S/C16H23ClN2O3/c1-11-8-12(2)16(14(17)9-11)19(13(3)20)10-15(21)18-6-5-7-22-4/h8-9H,5-7,10H2,1-4H3,(H,18,21). The SMILES string of the molecule is COCCCNC(=O)CN(C(C)=O)c1c(C)cc(C)cc1Cl. The molecule has 1 aromatic carbocycles. The van der Waals surface area contributed by atoms with E-state index in [0.717, 1.165) is 17.5 Å². The van der Waals surface area contributed by atoms with Gasteiger partial charge in [-0.2, -0.15) is 0 Å². The molecule has 0 aromatic heterocycles. The highest BCUT2D eigenvalue weighted by Crippen LogP contribution is 2.31. The number of anilines is 1. The molecule has 0 unspecified atom stereocenters. The zero-order chi connectivity index (χ0) is 16.7. The molecule has 0 spiro atoms. The molecule has 1 rings (SSSR count). The van der Waals surface area contributed by atoms with Gasteiger partial charge in [-0.15, -0.1) is 0 Å². The van der Waals surface area contributed by atoms with Crippen LogP contribution in [0, 0.1) is 13.8 Å². The summed E-state index contributed by atoms with van der Waals surface area (Å²) in [6.07, 6.45) is 0.729. The number of halogens is 1. The number of rotatable bonds is 7. The molecule has 0 aliphatic heterocycles. The predicted octanol–water partition coefficient (Wildman–Crippen LogP) is 2.46. The number of hydrogen-bond donors (Lipinski definition) is 1. The molecule has 0 radical (unpaired) electrons. The molecule has 0 atom stereocenters. The summed E-state index contributed by atoms with van der Waals surface area (Å²) in [6.45, 7) is 6.28. The van der Waals surface area contributed by atoms with E-state index in [1.54, 1.807) is 13.2 Å². The molecule has 1 aromatic rings. The topological polar surface area (TPSA) is 58.6 Å². The van der Waals surface area contributed by atoms with Crippen LogP contribution in [0.2, 0.25) is 5.02 Å². The van der Waals surface area contributed by atoms with Crippen LogP contribution in [0.4, 0.5) is 5.69 Å². The number of ether oxygens (including phenoxy) is 1. The Balaban J connectivity index is 2.83. The number of carbonyl (C=O) groups excluding carboxylic acids is 2. The van der Waals surface area contributed by atoms with E-state index >= 15 is 0 Å². The average molecular weight is 327 g/mol. The van der Waals surface area contributed by atoms with E-state index in [-0.39, 0.29) is 18.4 Å². The number of nitrogens with one attached hydrogen (secondary N) is 1. The summed E-state index contributed by atoms with van der Waals surface area (Å²) in [7, 11) is 1.61. The first kappa shape index (κ1) is 18.5. The number of methoxy groups -OCH3 is 1. The van der Waals surface area contributed by atoms with Crippen LogP contribution in [0.25, 0.3) is 0 Å². The van der Waals surface area contributed by atoms with Gasteiger partial charge in [0.05, 0.1) is 10.7 Å². The molecule has 5 nitrogen and oxygen atoms in total. The largest absolute Gasteiger partial charge is 0.385 e. The summed E-state index contributed by atoms with van der Waals surface area (Å²) in [5.41, 5.74) is 2.47. The van der Waals surface area contributed by atoms with Crippen molar-refractivity contribution in [3.8, 4) is 0 Å². The van der Waals surface area contributed by atoms with Crippen LogP contribution in [-0.4, -0.2) is 38.6 Å². The molecule has 0 aliphatic rings. The van der Waals surface area contributed by atoms with Gasteiger partial charge in [0.1, 0.15) is 6.54 Å². The van der Waals surface area contributed by atoms with E-state index in [1.807, 2.05) is 19.9 Å². The van der Waals surface area contributed by atoms with E-state index in [2.05, 4.69) is 5.32 Å². The van der Waals surface area contributed by atoms with Crippen LogP contribution in [0.1, 0.15) is 24.5 Å². The second-order valence-electron chi connectivity index (χ2n) is 5.21. The zero-order valence-electron chi connectivity index (χ0n) is 13.5. The molecular formula is C16H23ClN2O3. The Bertz CT molecular complexity index is 523. The molecule has 2 amide bonds. The molecule has 22 heavy (non-hydrogen) atoms. The second-order valence-corrected chi connectivity index (χ2v) is 5.62. The lowest BCUT2D eigenvalue weighted by atomic mass is 10.1. The zero-order valence-corrected chi connectivity index (χ0v) is 14.3. The van der Waals surface area contributed by atoms with Gasteiger partial charge in [-0.25, -0.2) is 0 Å². The Kier molecular flexibility index (Phi) is 7.35. The van der Waals surface area contributed by atoms with Crippen molar-refractivity contribution in [2.75, 3.05) is 31.7 Å². The van der Waals surface area contributed by atoms with E-state index in [0.29, 0.717) is 23.9 Å². The van der Waals surface area contributed by atoms with Crippen LogP contribution in [0.5, 0.6) is 0 Å². The Hall–Kier alpha value is -1.59. The number of carbonyl (C=O) groups is 2. The van der Waals surface area contributed by atoms with Crippen LogP contribution < -0.4 is 10.2 Å². The first-order valence-electron chi connectivity index (χ1n) is 7.17. The first-order valence-corrected chi connectivity index (χ1v) is 7.55. The smallest absolute Gasteiger partial charge is 0.240 e. The van der Waals surface area contributed by atoms with Gasteiger partial charge in [-0.05, 0) is 37.5 Å². The van der Waals surface area contributed by atoms with Gasteiger partial charge in [-0.3, -0.25) is 9.59 Å². The van der Waals surface area contributed by atoms with E-state index < -0.39 is 0 Å². The molecule has 0 bridgehead atoms. The molecule has 122 valence electrons. The predicted molar refractivity (Wildman–Crippen MR) is 88.5 cm³/mol. The summed E-state index contributed by atoms with van der Waals surface area (Å²) < 4.78 is 4.92. The summed E-state index contributed by atoms with van der Waals surface area (Å²) in [4.78, 5) is 25.3. The molecule has 0 heterocycles. The third-order valence-corrected chi connectivity index (χ3v) is 3.49. The van der Waals surface area contributed by atoms with Crippen LogP contribution in [-0.2, 0) is 14.3 Å². The maximum atomic E-state index is 12.0. The minimum atomic E-state index is -0.221. The monoisotopic (exact) mass is 326 g/mol. The summed E-state index contributed by atoms with van der Waals surface area (Å²) >= 11 is 6.26. The fraction of sp³-hybridized carbons (Fsp3) is 0.500. The summed E-state index contributed by atoms with van der Waals surface area (Å²) in [5, 5.41) is 3.24. The molecule has 0 saturated carbocycles. The molecular weight excluding hydrogens is 304 g/mol. The molecule has 0 fully saturated rings. The van der Waals surface area contributed by atoms with E-state index in [1.165, 1.54) is 11.8 Å². The molecule has 6 heteroatoms. The fourth-order valence-corrected chi connectivity index (χ4v) is 2.66. The Morgan fingerprint density at radius 1 is 1.32 bits per heavy atom. The lowest BCUT2D eigenvalue weighted by Gasteiger charge is -2.24. The quantitative estimate of drug-likeness (QED) is 0.783. The first-order chi connectivity index (χ1) is 10.4. The lowest BCUT2D eigenvalue weighted by Crippen LogP contribution is -2.40. The number of hydrogen-bond acceptors (Lipinski definition) is 3. The van der Waals surface area contributed by atoms with Gasteiger partial charge in [0.2, 0.25) is 11.8 Å². The van der Waals surface area contributed by atoms with Crippen molar-refractivity contribution in [2.24, 2.45) is 0 Å². The van der Waals surface area contributed by atoms with Crippen LogP contribution in [0.3, 0.4) is 0 Å². The van der Waals surface area contributed by atoms with Crippen molar-refractivity contribution in [1.82, 2.24) is 5.32 Å². The summed E-state index contributed by atoms with van der Waals surface area (Å²) in [5.74, 6) is -0.441. The van der Waals surface area contributed by atoms with E-state index in [4.69, 9.17) is 16.3 Å². The van der Waals surface area contributed by atoms with Gasteiger partial charge in [0, 0.05) is 27.2 Å². The number of aryl methyl sites for hydroxylation is 2. The maximum Gasteiger partial charge on any atom is 0.240 e. The fourth-order valence-electron chi connectivity index (χ4n) is 2.24. The highest BCUT2D eigenvalue weighted by Gasteiger charge is 2.20. The van der Waals surface area contributed by atoms with Crippen molar-refractivity contribution in [3.63, 3.8) is 0 Å². The van der Waals surface area contributed by atoms with Crippen molar-refractivity contribution < 1.29 is 14.3 Å². The molecule has 1 N–H and O–H groups in total. The second kappa shape index (κ2) is 8.76. The number of benzene rings is 1. The van der Waals surface area contributed by atoms with Crippen molar-refractivity contribution >= 4 is 29.1 Å². The van der Waals surface area contributed by atoms with Gasteiger partial charge in [-0.1, -0.05) is 17.7 Å². The maximum absolute atomic E-state index is 12.0. The average Bonchev–Trinajstić information content (AvgIpc) is 2.41. The van der Waals surface area contributed by atoms with Gasteiger partial charge in [0.25, 0.3) is 0 Å². The van der Waals surface area contributed by atoms with E-state index in [9.17, 15) is 9.59 Å². The third-order valence-electron chi connectivity index (χ3n) is 3.20. The van der Waals surface area contributed by atoms with Crippen molar-refractivity contribution in [1.29, 1.82) is 0 Å². The number of amides is 2. The Morgan fingerprint density at radius 2 is 2.00 bits per heavy atom. The normalized spacial score (nSPS) is 10.4. The minimum absolute atomic E-state index is 0.0497. The molecule has 0 aliphatic carbocycles. The van der Waals surface area contributed by atoms with Crippen LogP contribution in [0.15, 0.2) is 12.1 Å². The van der Waals surface area contributed by atoms with Gasteiger partial charge in [0.15, 0.2) is 0 Å². The minimum Gasteiger partial charge on any atom is -0.385 e.